The van der Waals surface area contributed by atoms with Crippen molar-refractivity contribution in [2.75, 3.05) is 11.9 Å². The van der Waals surface area contributed by atoms with Gasteiger partial charge >= 0.3 is 0 Å². The SMILES string of the molecule is Cc1cc(C)c(NC(=O)CNC(=O)c2ccccc2-c2ccc(Cn3cccn3)cc2)c(C)c1. The molecule has 34 heavy (non-hydrogen) atoms. The van der Waals surface area contributed by atoms with Crippen LogP contribution in [-0.2, 0) is 11.3 Å². The zero-order chi connectivity index (χ0) is 24.1. The summed E-state index contributed by atoms with van der Waals surface area (Å²) in [5.74, 6) is -0.549. The molecule has 0 unspecified atom stereocenters. The van der Waals surface area contributed by atoms with Gasteiger partial charge in [0.2, 0.25) is 5.91 Å². The van der Waals surface area contributed by atoms with E-state index < -0.39 is 0 Å². The van der Waals surface area contributed by atoms with Crippen LogP contribution in [0.3, 0.4) is 0 Å². The maximum absolute atomic E-state index is 13.0. The Balaban J connectivity index is 1.43. The second-order valence-corrected chi connectivity index (χ2v) is 8.45. The van der Waals surface area contributed by atoms with Crippen molar-refractivity contribution in [1.82, 2.24) is 15.1 Å². The van der Waals surface area contributed by atoms with Gasteiger partial charge in [0.1, 0.15) is 0 Å². The van der Waals surface area contributed by atoms with Gasteiger partial charge in [0, 0.05) is 23.6 Å². The van der Waals surface area contributed by atoms with E-state index in [1.165, 1.54) is 0 Å². The fourth-order valence-electron chi connectivity index (χ4n) is 4.12. The van der Waals surface area contributed by atoms with Crippen molar-refractivity contribution < 1.29 is 9.59 Å². The number of aryl methyl sites for hydroxylation is 3. The molecule has 172 valence electrons. The molecule has 4 aromatic rings. The minimum atomic E-state index is -0.288. The van der Waals surface area contributed by atoms with Crippen LogP contribution < -0.4 is 10.6 Å². The largest absolute Gasteiger partial charge is 0.343 e. The standard InChI is InChI=1S/C28H28N4O2/c1-19-15-20(2)27(21(3)16-19)31-26(33)17-29-28(34)25-8-5-4-7-24(25)23-11-9-22(10-12-23)18-32-14-6-13-30-32/h4-16H,17-18H2,1-3H3,(H,29,34)(H,31,33). The molecular formula is C28H28N4O2. The fourth-order valence-corrected chi connectivity index (χ4v) is 4.12. The normalized spacial score (nSPS) is 10.7. The zero-order valence-corrected chi connectivity index (χ0v) is 19.6. The molecule has 6 heteroatoms. The summed E-state index contributed by atoms with van der Waals surface area (Å²) in [4.78, 5) is 25.5. The van der Waals surface area contributed by atoms with Crippen LogP contribution in [0.2, 0.25) is 0 Å². The molecule has 0 bridgehead atoms. The molecule has 4 rings (SSSR count). The van der Waals surface area contributed by atoms with Gasteiger partial charge in [-0.25, -0.2) is 0 Å². The highest BCUT2D eigenvalue weighted by Gasteiger charge is 2.15. The molecule has 0 aliphatic heterocycles. The van der Waals surface area contributed by atoms with E-state index in [-0.39, 0.29) is 18.4 Å². The predicted octanol–water partition coefficient (Wildman–Crippen LogP) is 4.89. The number of nitrogens with zero attached hydrogens (tertiary/aromatic N) is 2. The molecule has 0 radical (unpaired) electrons. The van der Waals surface area contributed by atoms with Gasteiger partial charge in [-0.1, -0.05) is 60.2 Å². The lowest BCUT2D eigenvalue weighted by molar-refractivity contribution is -0.115. The molecule has 0 saturated heterocycles. The molecule has 6 nitrogen and oxygen atoms in total. The van der Waals surface area contributed by atoms with Crippen LogP contribution in [-0.4, -0.2) is 28.1 Å². The first-order valence-electron chi connectivity index (χ1n) is 11.2. The predicted molar refractivity (Wildman–Crippen MR) is 135 cm³/mol. The zero-order valence-electron chi connectivity index (χ0n) is 19.6. The number of carbonyl (C=O) groups excluding carboxylic acids is 2. The van der Waals surface area contributed by atoms with Crippen LogP contribution >= 0.6 is 0 Å². The lowest BCUT2D eigenvalue weighted by Crippen LogP contribution is -2.33. The Morgan fingerprint density at radius 2 is 1.62 bits per heavy atom. The lowest BCUT2D eigenvalue weighted by atomic mass is 9.98. The van der Waals surface area contributed by atoms with Crippen LogP contribution in [0.1, 0.15) is 32.6 Å². The third-order valence-electron chi connectivity index (χ3n) is 5.69. The third kappa shape index (κ3) is 5.41. The van der Waals surface area contributed by atoms with Gasteiger partial charge in [-0.2, -0.15) is 5.10 Å². The molecule has 3 aromatic carbocycles. The number of rotatable bonds is 7. The van der Waals surface area contributed by atoms with E-state index in [0.717, 1.165) is 39.1 Å². The summed E-state index contributed by atoms with van der Waals surface area (Å²) in [6.45, 7) is 6.53. The molecule has 0 spiro atoms. The highest BCUT2D eigenvalue weighted by Crippen LogP contribution is 2.25. The van der Waals surface area contributed by atoms with Gasteiger partial charge in [-0.05, 0) is 60.7 Å². The summed E-state index contributed by atoms with van der Waals surface area (Å²) in [7, 11) is 0. The van der Waals surface area contributed by atoms with Crippen molar-refractivity contribution in [2.24, 2.45) is 0 Å². The summed E-state index contributed by atoms with van der Waals surface area (Å²) in [6.07, 6.45) is 3.68. The second kappa shape index (κ2) is 10.2. The molecular weight excluding hydrogens is 424 g/mol. The molecule has 0 aliphatic carbocycles. The average Bonchev–Trinajstić information content (AvgIpc) is 3.33. The summed E-state index contributed by atoms with van der Waals surface area (Å²) >= 11 is 0. The molecule has 1 heterocycles. The highest BCUT2D eigenvalue weighted by atomic mass is 16.2. The van der Waals surface area contributed by atoms with Crippen molar-refractivity contribution in [1.29, 1.82) is 0 Å². The quantitative estimate of drug-likeness (QED) is 0.419. The van der Waals surface area contributed by atoms with Crippen LogP contribution in [0.25, 0.3) is 11.1 Å². The Bertz CT molecular complexity index is 1290. The lowest BCUT2D eigenvalue weighted by Gasteiger charge is -2.14. The van der Waals surface area contributed by atoms with Crippen molar-refractivity contribution in [3.8, 4) is 11.1 Å². The Morgan fingerprint density at radius 1 is 0.912 bits per heavy atom. The van der Waals surface area contributed by atoms with Crippen LogP contribution in [0.15, 0.2) is 79.1 Å². The first-order chi connectivity index (χ1) is 16.4. The molecule has 1 aromatic heterocycles. The van der Waals surface area contributed by atoms with Gasteiger partial charge in [0.25, 0.3) is 5.91 Å². The Labute approximate surface area is 199 Å². The Kier molecular flexibility index (Phi) is 6.87. The van der Waals surface area contributed by atoms with Crippen LogP contribution in [0.5, 0.6) is 0 Å². The molecule has 0 atom stereocenters. The number of benzene rings is 3. The second-order valence-electron chi connectivity index (χ2n) is 8.45. The summed E-state index contributed by atoms with van der Waals surface area (Å²) in [5, 5.41) is 9.92. The highest BCUT2D eigenvalue weighted by molar-refractivity contribution is 6.03. The van der Waals surface area contributed by atoms with E-state index in [2.05, 4.69) is 15.7 Å². The fraction of sp³-hybridized carbons (Fsp3) is 0.179. The van der Waals surface area contributed by atoms with E-state index in [0.29, 0.717) is 12.1 Å². The molecule has 0 aliphatic rings. The van der Waals surface area contributed by atoms with Crippen LogP contribution in [0.4, 0.5) is 5.69 Å². The molecule has 2 amide bonds. The number of amides is 2. The minimum absolute atomic E-state index is 0.108. The summed E-state index contributed by atoms with van der Waals surface area (Å²) < 4.78 is 1.86. The summed E-state index contributed by atoms with van der Waals surface area (Å²) in [5.41, 5.74) is 7.33. The Hall–Kier alpha value is -4.19. The van der Waals surface area contributed by atoms with Gasteiger partial charge in [0.05, 0.1) is 13.1 Å². The number of hydrogen-bond donors (Lipinski definition) is 2. The topological polar surface area (TPSA) is 76.0 Å². The van der Waals surface area contributed by atoms with E-state index in [9.17, 15) is 9.59 Å². The average molecular weight is 453 g/mol. The van der Waals surface area contributed by atoms with Crippen molar-refractivity contribution >= 4 is 17.5 Å². The third-order valence-corrected chi connectivity index (χ3v) is 5.69. The molecule has 0 saturated carbocycles. The van der Waals surface area contributed by atoms with E-state index in [4.69, 9.17) is 0 Å². The van der Waals surface area contributed by atoms with E-state index >= 15 is 0 Å². The Morgan fingerprint density at radius 3 is 2.29 bits per heavy atom. The van der Waals surface area contributed by atoms with Crippen LogP contribution in [0, 0.1) is 20.8 Å². The molecule has 0 fully saturated rings. The van der Waals surface area contributed by atoms with Crippen molar-refractivity contribution in [3.63, 3.8) is 0 Å². The maximum atomic E-state index is 13.0. The number of aromatic nitrogens is 2. The molecule has 2 N–H and O–H groups in total. The minimum Gasteiger partial charge on any atom is -0.343 e. The van der Waals surface area contributed by atoms with Crippen molar-refractivity contribution in [3.05, 3.63) is 107 Å². The van der Waals surface area contributed by atoms with Crippen molar-refractivity contribution in [2.45, 2.75) is 27.3 Å². The first-order valence-corrected chi connectivity index (χ1v) is 11.2. The number of carbonyl (C=O) groups is 2. The van der Waals surface area contributed by atoms with Gasteiger partial charge in [-0.15, -0.1) is 0 Å². The number of nitrogens with one attached hydrogen (secondary N) is 2. The van der Waals surface area contributed by atoms with E-state index in [1.807, 2.05) is 92.3 Å². The van der Waals surface area contributed by atoms with E-state index in [1.54, 1.807) is 12.3 Å². The first kappa shape index (κ1) is 23.0. The van der Waals surface area contributed by atoms with Gasteiger partial charge < -0.3 is 10.6 Å². The van der Waals surface area contributed by atoms with Gasteiger partial charge in [-0.3, -0.25) is 14.3 Å². The maximum Gasteiger partial charge on any atom is 0.252 e. The van der Waals surface area contributed by atoms with Gasteiger partial charge in [0.15, 0.2) is 0 Å². The monoisotopic (exact) mass is 452 g/mol. The smallest absolute Gasteiger partial charge is 0.252 e. The number of hydrogen-bond acceptors (Lipinski definition) is 3. The summed E-state index contributed by atoms with van der Waals surface area (Å²) in [6, 6.07) is 21.4. The number of anilines is 1.